The number of aryl methyl sites for hydroxylation is 1. The first kappa shape index (κ1) is 14.6. The van der Waals surface area contributed by atoms with Crippen LogP contribution in [0.2, 0.25) is 0 Å². The Morgan fingerprint density at radius 1 is 1.35 bits per heavy atom. The van der Waals surface area contributed by atoms with Gasteiger partial charge in [-0.1, -0.05) is 0 Å². The normalized spacial score (nSPS) is 10.8. The summed E-state index contributed by atoms with van der Waals surface area (Å²) in [6, 6.07) is 0. The van der Waals surface area contributed by atoms with Crippen LogP contribution in [-0.4, -0.2) is 42.6 Å². The van der Waals surface area contributed by atoms with Gasteiger partial charge >= 0.3 is 5.97 Å². The summed E-state index contributed by atoms with van der Waals surface area (Å²) in [6.45, 7) is 6.31. The zero-order valence-corrected chi connectivity index (χ0v) is 13.1. The van der Waals surface area contributed by atoms with Crippen molar-refractivity contribution in [2.75, 3.05) is 6.61 Å². The van der Waals surface area contributed by atoms with Gasteiger partial charge in [0, 0.05) is 0 Å². The van der Waals surface area contributed by atoms with Gasteiger partial charge in [-0.2, -0.15) is 9.90 Å². The molecule has 9 heteroatoms. The smallest absolute Gasteiger partial charge is 0.329 e. The summed E-state index contributed by atoms with van der Waals surface area (Å²) in [4.78, 5) is 12.5. The van der Waals surface area contributed by atoms with Crippen molar-refractivity contribution in [1.29, 1.82) is 0 Å². The van der Waals surface area contributed by atoms with E-state index in [1.165, 1.54) is 4.80 Å². The highest BCUT2D eigenvalue weighted by Gasteiger charge is 2.12. The molecular formula is C11H15BrN6O2. The highest BCUT2D eigenvalue weighted by atomic mass is 79.9. The summed E-state index contributed by atoms with van der Waals surface area (Å²) >= 11 is 3.46. The summed E-state index contributed by atoms with van der Waals surface area (Å²) < 4.78 is 7.57. The fourth-order valence-electron chi connectivity index (χ4n) is 1.69. The Morgan fingerprint density at radius 3 is 2.70 bits per heavy atom. The highest BCUT2D eigenvalue weighted by molar-refractivity contribution is 9.10. The van der Waals surface area contributed by atoms with Crippen molar-refractivity contribution in [2.24, 2.45) is 0 Å². The Labute approximate surface area is 124 Å². The van der Waals surface area contributed by atoms with Gasteiger partial charge in [-0.3, -0.25) is 4.68 Å². The van der Waals surface area contributed by atoms with Crippen LogP contribution in [0.3, 0.4) is 0 Å². The summed E-state index contributed by atoms with van der Waals surface area (Å²) in [7, 11) is 0. The molecule has 2 aromatic rings. The number of esters is 1. The molecule has 20 heavy (non-hydrogen) atoms. The van der Waals surface area contributed by atoms with Crippen LogP contribution < -0.4 is 0 Å². The minimum Gasteiger partial charge on any atom is -0.465 e. The van der Waals surface area contributed by atoms with E-state index in [0.717, 1.165) is 15.9 Å². The largest absolute Gasteiger partial charge is 0.465 e. The van der Waals surface area contributed by atoms with Crippen molar-refractivity contribution in [2.45, 2.75) is 33.9 Å². The Morgan fingerprint density at radius 2 is 2.10 bits per heavy atom. The lowest BCUT2D eigenvalue weighted by Crippen LogP contribution is -2.16. The second-order valence-electron chi connectivity index (χ2n) is 4.18. The molecule has 0 spiro atoms. The van der Waals surface area contributed by atoms with E-state index in [-0.39, 0.29) is 12.5 Å². The average molecular weight is 343 g/mol. The molecule has 0 radical (unpaired) electrons. The van der Waals surface area contributed by atoms with Crippen LogP contribution in [0.1, 0.15) is 24.1 Å². The van der Waals surface area contributed by atoms with Gasteiger partial charge in [0.1, 0.15) is 6.54 Å². The summed E-state index contributed by atoms with van der Waals surface area (Å²) in [6.07, 6.45) is 0. The SMILES string of the molecule is CCOC(=O)Cn1nnc(Cn2nc(C)c(Br)c2C)n1. The van der Waals surface area contributed by atoms with E-state index in [0.29, 0.717) is 19.0 Å². The molecule has 0 N–H and O–H groups in total. The quantitative estimate of drug-likeness (QED) is 0.749. The number of nitrogens with zero attached hydrogens (tertiary/aromatic N) is 6. The fourth-order valence-corrected chi connectivity index (χ4v) is 1.98. The molecule has 2 rings (SSSR count). The Bertz CT molecular complexity index is 620. The van der Waals surface area contributed by atoms with E-state index in [2.05, 4.69) is 36.4 Å². The highest BCUT2D eigenvalue weighted by Crippen LogP contribution is 2.19. The van der Waals surface area contributed by atoms with E-state index in [4.69, 9.17) is 4.74 Å². The predicted octanol–water partition coefficient (Wildman–Crippen LogP) is 0.860. The first-order valence-corrected chi connectivity index (χ1v) is 6.92. The van der Waals surface area contributed by atoms with Crippen molar-refractivity contribution < 1.29 is 9.53 Å². The maximum atomic E-state index is 11.3. The Balaban J connectivity index is 2.06. The third-order valence-electron chi connectivity index (χ3n) is 2.65. The molecule has 0 aliphatic heterocycles. The van der Waals surface area contributed by atoms with Crippen LogP contribution in [0, 0.1) is 13.8 Å². The van der Waals surface area contributed by atoms with Crippen LogP contribution in [0.4, 0.5) is 0 Å². The molecule has 0 amide bonds. The summed E-state index contributed by atoms with van der Waals surface area (Å²) in [5, 5.41) is 16.2. The molecule has 0 aromatic carbocycles. The van der Waals surface area contributed by atoms with Crippen molar-refractivity contribution in [1.82, 2.24) is 30.0 Å². The molecule has 0 fully saturated rings. The van der Waals surface area contributed by atoms with E-state index in [9.17, 15) is 4.79 Å². The molecule has 8 nitrogen and oxygen atoms in total. The molecule has 0 bridgehead atoms. The van der Waals surface area contributed by atoms with Gasteiger partial charge in [-0.25, -0.2) is 4.79 Å². The minimum atomic E-state index is -0.384. The van der Waals surface area contributed by atoms with Crippen LogP contribution in [0.15, 0.2) is 4.47 Å². The number of aromatic nitrogens is 6. The van der Waals surface area contributed by atoms with E-state index in [1.807, 2.05) is 13.8 Å². The number of rotatable bonds is 5. The van der Waals surface area contributed by atoms with E-state index in [1.54, 1.807) is 11.6 Å². The lowest BCUT2D eigenvalue weighted by Gasteiger charge is -2.00. The second kappa shape index (κ2) is 6.12. The zero-order chi connectivity index (χ0) is 14.7. The van der Waals surface area contributed by atoms with Gasteiger partial charge in [0.2, 0.25) is 0 Å². The first-order chi connectivity index (χ1) is 9.51. The van der Waals surface area contributed by atoms with Gasteiger partial charge in [0.25, 0.3) is 0 Å². The number of ether oxygens (including phenoxy) is 1. The molecule has 0 aliphatic rings. The van der Waals surface area contributed by atoms with Crippen molar-refractivity contribution in [3.63, 3.8) is 0 Å². The standard InChI is InChI=1S/C11H15BrN6O2/c1-4-20-10(19)6-18-15-9(13-16-18)5-17-8(3)11(12)7(2)14-17/h4-6H2,1-3H3. The van der Waals surface area contributed by atoms with E-state index >= 15 is 0 Å². The molecule has 0 saturated heterocycles. The topological polar surface area (TPSA) is 87.7 Å². The number of tetrazole rings is 1. The third-order valence-corrected chi connectivity index (χ3v) is 3.80. The second-order valence-corrected chi connectivity index (χ2v) is 4.98. The average Bonchev–Trinajstić information content (AvgIpc) is 2.91. The zero-order valence-electron chi connectivity index (χ0n) is 11.5. The number of hydrogen-bond acceptors (Lipinski definition) is 6. The van der Waals surface area contributed by atoms with Gasteiger partial charge in [0.15, 0.2) is 12.4 Å². The van der Waals surface area contributed by atoms with Crippen LogP contribution in [-0.2, 0) is 22.6 Å². The maximum absolute atomic E-state index is 11.3. The first-order valence-electron chi connectivity index (χ1n) is 6.13. The summed E-state index contributed by atoms with van der Waals surface area (Å²) in [5.74, 6) is 0.109. The van der Waals surface area contributed by atoms with Gasteiger partial charge in [-0.05, 0) is 41.9 Å². The number of hydrogen-bond donors (Lipinski definition) is 0. The van der Waals surface area contributed by atoms with Crippen molar-refractivity contribution in [3.8, 4) is 0 Å². The van der Waals surface area contributed by atoms with Gasteiger partial charge < -0.3 is 4.74 Å². The monoisotopic (exact) mass is 342 g/mol. The van der Waals surface area contributed by atoms with Crippen molar-refractivity contribution >= 4 is 21.9 Å². The van der Waals surface area contributed by atoms with Gasteiger partial charge in [0.05, 0.1) is 22.5 Å². The van der Waals surface area contributed by atoms with Crippen molar-refractivity contribution in [3.05, 3.63) is 21.7 Å². The molecule has 0 aliphatic carbocycles. The lowest BCUT2D eigenvalue weighted by atomic mass is 10.4. The molecule has 0 atom stereocenters. The number of carbonyl (C=O) groups excluding carboxylic acids is 1. The lowest BCUT2D eigenvalue weighted by molar-refractivity contribution is -0.144. The third kappa shape index (κ3) is 3.21. The summed E-state index contributed by atoms with van der Waals surface area (Å²) in [5.41, 5.74) is 1.89. The molecule has 0 saturated carbocycles. The Hall–Kier alpha value is -1.77. The van der Waals surface area contributed by atoms with Crippen LogP contribution >= 0.6 is 15.9 Å². The predicted molar refractivity (Wildman–Crippen MR) is 73.0 cm³/mol. The molecule has 108 valence electrons. The Kier molecular flexibility index (Phi) is 4.48. The molecule has 0 unspecified atom stereocenters. The van der Waals surface area contributed by atoms with Crippen LogP contribution in [0.25, 0.3) is 0 Å². The van der Waals surface area contributed by atoms with Gasteiger partial charge in [-0.15, -0.1) is 10.2 Å². The maximum Gasteiger partial charge on any atom is 0.329 e. The minimum absolute atomic E-state index is 0.0400. The molecule has 2 heterocycles. The molecular weight excluding hydrogens is 328 g/mol. The fraction of sp³-hybridized carbons (Fsp3) is 0.545. The number of halogens is 1. The number of carbonyl (C=O) groups is 1. The van der Waals surface area contributed by atoms with Crippen LogP contribution in [0.5, 0.6) is 0 Å². The van der Waals surface area contributed by atoms with E-state index < -0.39 is 0 Å². The molecule has 2 aromatic heterocycles.